The first-order valence-corrected chi connectivity index (χ1v) is 10.3. The molecule has 1 unspecified atom stereocenters. The molecule has 0 aliphatic rings. The Labute approximate surface area is 159 Å². The molecule has 0 N–H and O–H groups in total. The Kier molecular flexibility index (Phi) is 9.16. The molecular formula is C23H34N2O. The lowest BCUT2D eigenvalue weighted by Crippen LogP contribution is -2.08. The van der Waals surface area contributed by atoms with Gasteiger partial charge in [0.15, 0.2) is 0 Å². The molecule has 3 heteroatoms. The highest BCUT2D eigenvalue weighted by molar-refractivity contribution is 5.58. The Bertz CT molecular complexity index is 607. The van der Waals surface area contributed by atoms with Gasteiger partial charge in [-0.05, 0) is 30.4 Å². The monoisotopic (exact) mass is 354 g/mol. The molecule has 0 amide bonds. The van der Waals surface area contributed by atoms with Gasteiger partial charge in [-0.15, -0.1) is 10.2 Å². The summed E-state index contributed by atoms with van der Waals surface area (Å²) < 4.78 is 5.67. The van der Waals surface area contributed by atoms with Gasteiger partial charge in [0.2, 0.25) is 5.88 Å². The summed E-state index contributed by atoms with van der Waals surface area (Å²) in [6.07, 6.45) is 10.3. The van der Waals surface area contributed by atoms with Crippen LogP contribution in [0.5, 0.6) is 5.88 Å². The number of aromatic nitrogens is 2. The zero-order valence-corrected chi connectivity index (χ0v) is 16.7. The number of benzene rings is 1. The second-order valence-corrected chi connectivity index (χ2v) is 7.30. The van der Waals surface area contributed by atoms with E-state index in [0.29, 0.717) is 18.4 Å². The van der Waals surface area contributed by atoms with Crippen LogP contribution < -0.4 is 4.74 Å². The van der Waals surface area contributed by atoms with Crippen LogP contribution in [0.2, 0.25) is 0 Å². The zero-order chi connectivity index (χ0) is 18.6. The summed E-state index contributed by atoms with van der Waals surface area (Å²) in [5, 5.41) is 8.51. The Balaban J connectivity index is 1.80. The first-order valence-electron chi connectivity index (χ1n) is 10.3. The molecule has 0 aliphatic heterocycles. The van der Waals surface area contributed by atoms with Crippen molar-refractivity contribution in [2.45, 2.75) is 72.1 Å². The number of hydrogen-bond acceptors (Lipinski definition) is 3. The molecule has 3 nitrogen and oxygen atoms in total. The number of rotatable bonds is 12. The molecule has 0 bridgehead atoms. The van der Waals surface area contributed by atoms with Crippen LogP contribution in [0.1, 0.15) is 71.3 Å². The molecule has 0 aliphatic carbocycles. The van der Waals surface area contributed by atoms with E-state index in [4.69, 9.17) is 4.74 Å². The topological polar surface area (TPSA) is 35.0 Å². The molecule has 2 rings (SSSR count). The lowest BCUT2D eigenvalue weighted by atomic mass is 10.0. The van der Waals surface area contributed by atoms with Crippen LogP contribution in [0.25, 0.3) is 11.3 Å². The van der Waals surface area contributed by atoms with Gasteiger partial charge in [0, 0.05) is 11.6 Å². The number of nitrogens with zero attached hydrogens (tertiary/aromatic N) is 2. The minimum atomic E-state index is 0.538. The van der Waals surface area contributed by atoms with E-state index in [1.807, 2.05) is 12.1 Å². The Morgan fingerprint density at radius 1 is 0.846 bits per heavy atom. The fraction of sp³-hybridized carbons (Fsp3) is 0.565. The molecule has 142 valence electrons. The first-order chi connectivity index (χ1) is 12.7. The van der Waals surface area contributed by atoms with E-state index in [9.17, 15) is 0 Å². The second kappa shape index (κ2) is 11.7. The van der Waals surface area contributed by atoms with Crippen LogP contribution >= 0.6 is 0 Å². The summed E-state index contributed by atoms with van der Waals surface area (Å²) in [5.41, 5.74) is 3.41. The fourth-order valence-electron chi connectivity index (χ4n) is 2.85. The van der Waals surface area contributed by atoms with Crippen LogP contribution in [0, 0.1) is 5.92 Å². The summed E-state index contributed by atoms with van der Waals surface area (Å²) >= 11 is 0. The van der Waals surface area contributed by atoms with Gasteiger partial charge in [-0.3, -0.25) is 0 Å². The quantitative estimate of drug-likeness (QED) is 0.410. The lowest BCUT2D eigenvalue weighted by Gasteiger charge is -2.10. The van der Waals surface area contributed by atoms with Crippen molar-refractivity contribution in [3.05, 3.63) is 42.0 Å². The molecule has 2 aromatic rings. The van der Waals surface area contributed by atoms with Crippen molar-refractivity contribution < 1.29 is 4.74 Å². The number of aryl methyl sites for hydroxylation is 1. The van der Waals surface area contributed by atoms with E-state index in [0.717, 1.165) is 17.7 Å². The van der Waals surface area contributed by atoms with Gasteiger partial charge in [0.05, 0.1) is 12.3 Å². The molecule has 0 saturated carbocycles. The molecule has 26 heavy (non-hydrogen) atoms. The number of ether oxygens (including phenoxy) is 1. The molecule has 0 radical (unpaired) electrons. The van der Waals surface area contributed by atoms with Gasteiger partial charge >= 0.3 is 0 Å². The highest BCUT2D eigenvalue weighted by Crippen LogP contribution is 2.20. The maximum atomic E-state index is 5.67. The molecular weight excluding hydrogens is 320 g/mol. The Morgan fingerprint density at radius 2 is 1.58 bits per heavy atom. The van der Waals surface area contributed by atoms with E-state index in [2.05, 4.69) is 55.2 Å². The highest BCUT2D eigenvalue weighted by atomic mass is 16.5. The average Bonchev–Trinajstić information content (AvgIpc) is 2.69. The molecule has 1 aromatic carbocycles. The largest absolute Gasteiger partial charge is 0.476 e. The highest BCUT2D eigenvalue weighted by Gasteiger charge is 2.04. The summed E-state index contributed by atoms with van der Waals surface area (Å²) in [6.45, 7) is 7.30. The van der Waals surface area contributed by atoms with Crippen molar-refractivity contribution in [3.8, 4) is 17.1 Å². The molecule has 0 saturated heterocycles. The minimum absolute atomic E-state index is 0.538. The van der Waals surface area contributed by atoms with Gasteiger partial charge in [0.1, 0.15) is 0 Å². The maximum Gasteiger partial charge on any atom is 0.233 e. The third-order valence-electron chi connectivity index (χ3n) is 4.92. The van der Waals surface area contributed by atoms with Crippen molar-refractivity contribution in [3.63, 3.8) is 0 Å². The van der Waals surface area contributed by atoms with Crippen LogP contribution in [0.4, 0.5) is 0 Å². The van der Waals surface area contributed by atoms with Crippen LogP contribution in [-0.2, 0) is 6.42 Å². The van der Waals surface area contributed by atoms with Gasteiger partial charge < -0.3 is 4.74 Å². The summed E-state index contributed by atoms with van der Waals surface area (Å²) in [7, 11) is 0. The van der Waals surface area contributed by atoms with E-state index in [1.165, 1.54) is 50.5 Å². The van der Waals surface area contributed by atoms with E-state index in [-0.39, 0.29) is 0 Å². The van der Waals surface area contributed by atoms with Gasteiger partial charge in [-0.2, -0.15) is 0 Å². The third kappa shape index (κ3) is 7.15. The summed E-state index contributed by atoms with van der Waals surface area (Å²) in [5.74, 6) is 1.14. The normalized spacial score (nSPS) is 12.1. The lowest BCUT2D eigenvalue weighted by molar-refractivity contribution is 0.245. The van der Waals surface area contributed by atoms with Crippen molar-refractivity contribution >= 4 is 0 Å². The van der Waals surface area contributed by atoms with Crippen molar-refractivity contribution in [2.75, 3.05) is 6.61 Å². The van der Waals surface area contributed by atoms with Crippen molar-refractivity contribution in [1.82, 2.24) is 10.2 Å². The van der Waals surface area contributed by atoms with E-state index in [1.54, 1.807) is 0 Å². The number of hydrogen-bond donors (Lipinski definition) is 0. The fourth-order valence-corrected chi connectivity index (χ4v) is 2.85. The van der Waals surface area contributed by atoms with Gasteiger partial charge in [-0.25, -0.2) is 0 Å². The van der Waals surface area contributed by atoms with Gasteiger partial charge in [0.25, 0.3) is 0 Å². The summed E-state index contributed by atoms with van der Waals surface area (Å²) in [4.78, 5) is 0. The maximum absolute atomic E-state index is 5.67. The minimum Gasteiger partial charge on any atom is -0.476 e. The van der Waals surface area contributed by atoms with E-state index < -0.39 is 0 Å². The first kappa shape index (κ1) is 20.4. The van der Waals surface area contributed by atoms with Crippen molar-refractivity contribution in [1.29, 1.82) is 0 Å². The Morgan fingerprint density at radius 3 is 2.23 bits per heavy atom. The number of unbranched alkanes of at least 4 members (excludes halogenated alkanes) is 5. The SMILES string of the molecule is CCCCCCCCc1ccc(-c2ccc(OCC(C)CC)nn2)cc1. The molecule has 1 atom stereocenters. The average molecular weight is 355 g/mol. The standard InChI is InChI=1S/C23H34N2O/c1-4-6-7-8-9-10-11-20-12-14-21(15-13-20)22-16-17-23(25-24-22)26-18-19(3)5-2/h12-17,19H,4-11,18H2,1-3H3. The Hall–Kier alpha value is -1.90. The van der Waals surface area contributed by atoms with Gasteiger partial charge in [-0.1, -0.05) is 83.6 Å². The molecule has 1 heterocycles. The van der Waals surface area contributed by atoms with Crippen LogP contribution in [0.3, 0.4) is 0 Å². The zero-order valence-electron chi connectivity index (χ0n) is 16.7. The predicted octanol–water partition coefficient (Wildman–Crippen LogP) is 6.47. The van der Waals surface area contributed by atoms with Crippen LogP contribution in [0.15, 0.2) is 36.4 Å². The third-order valence-corrected chi connectivity index (χ3v) is 4.92. The predicted molar refractivity (Wildman–Crippen MR) is 109 cm³/mol. The second-order valence-electron chi connectivity index (χ2n) is 7.30. The van der Waals surface area contributed by atoms with Crippen LogP contribution in [-0.4, -0.2) is 16.8 Å². The smallest absolute Gasteiger partial charge is 0.233 e. The molecule has 1 aromatic heterocycles. The molecule has 0 spiro atoms. The van der Waals surface area contributed by atoms with E-state index >= 15 is 0 Å². The molecule has 0 fully saturated rings. The van der Waals surface area contributed by atoms with Crippen molar-refractivity contribution in [2.24, 2.45) is 5.92 Å². The summed E-state index contributed by atoms with van der Waals surface area (Å²) in [6, 6.07) is 12.6.